The van der Waals surface area contributed by atoms with Crippen LogP contribution in [0.4, 0.5) is 0 Å². The van der Waals surface area contributed by atoms with Gasteiger partial charge in [0.15, 0.2) is 15.6 Å². The lowest BCUT2D eigenvalue weighted by atomic mass is 9.66. The van der Waals surface area contributed by atoms with Crippen LogP contribution in [0.1, 0.15) is 473 Å². The molecule has 20 atom stereocenters. The van der Waals surface area contributed by atoms with Gasteiger partial charge in [0.2, 0.25) is 11.7 Å². The Morgan fingerprint density at radius 2 is 0.750 bits per heavy atom. The molecular weight excluding hydrogens is 1750 g/mol. The van der Waals surface area contributed by atoms with Crippen LogP contribution in [0.25, 0.3) is 0 Å². The highest BCUT2D eigenvalue weighted by Gasteiger charge is 2.55. The maximum absolute atomic E-state index is 12.3. The number of rotatable bonds is 0. The van der Waals surface area contributed by atoms with Gasteiger partial charge in [-0.05, 0) is 213 Å². The van der Waals surface area contributed by atoms with Gasteiger partial charge in [-0.25, -0.2) is 8.42 Å². The van der Waals surface area contributed by atoms with Gasteiger partial charge < -0.3 is 30.7 Å². The van der Waals surface area contributed by atoms with Crippen LogP contribution in [0.3, 0.4) is 0 Å². The minimum atomic E-state index is -2.91. The zero-order chi connectivity index (χ0) is 111. The SMILES string of the molecule is C=C1CC(C(C)(C)C)C(C(C)(C)C)N1.C=C1CCNC(C(C)(C)C)C(C(C)(C)C)C1.CC(C)(C)C1C=CCC1C(C)(C)C.CC(C)(C)C1CC(=O)C(=O)C1C(C)(C)C.CC(C)(C)C1CC(=O)NC1C(C)(C)C.CC(C)(C)C1CC=NC1C(C)(C)C.CC(C)(C)C1CCCS(=O)(=O)C1C(C)(C)C.CC(C)(C)C1N=CNC1C(C)(C)C.CC(C)(C)C1N=NNC1C(C)(C)C.CC(C)(C)C1OCOC1C(C)(C)C. The lowest BCUT2D eigenvalue weighted by molar-refractivity contribution is -0.137. The van der Waals surface area contributed by atoms with Crippen LogP contribution >= 0.6 is 0 Å². The first kappa shape index (κ1) is 134. The summed E-state index contributed by atoms with van der Waals surface area (Å²) in [6, 6.07) is 3.48. The summed E-state index contributed by atoms with van der Waals surface area (Å²) in [5.41, 5.74) is 10.1. The second-order valence-corrected chi connectivity index (χ2v) is 68.2. The lowest BCUT2D eigenvalue weighted by Gasteiger charge is -2.45. The van der Waals surface area contributed by atoms with Crippen molar-refractivity contribution in [3.05, 3.63) is 36.6 Å². The van der Waals surface area contributed by atoms with Crippen molar-refractivity contribution >= 4 is 39.9 Å². The Bertz CT molecular complexity index is 3750. The Morgan fingerprint density at radius 1 is 0.357 bits per heavy atom. The third-order valence-electron chi connectivity index (χ3n) is 31.2. The maximum Gasteiger partial charge on any atom is 0.220 e. The van der Waals surface area contributed by atoms with Crippen LogP contribution in [0.15, 0.2) is 56.9 Å². The molecule has 16 nitrogen and oxygen atoms in total. The van der Waals surface area contributed by atoms with E-state index in [4.69, 9.17) is 9.47 Å². The largest absolute Gasteiger partial charge is 0.385 e. The zero-order valence-corrected chi connectivity index (χ0v) is 105. The number of aliphatic imine (C=N–C) groups is 2. The molecule has 1 saturated carbocycles. The van der Waals surface area contributed by atoms with Crippen LogP contribution < -0.4 is 26.7 Å². The molecule has 20 unspecified atom stereocenters. The highest BCUT2D eigenvalue weighted by molar-refractivity contribution is 7.92. The van der Waals surface area contributed by atoms with Crippen molar-refractivity contribution in [3.63, 3.8) is 0 Å². The number of amides is 1. The first-order valence-electron chi connectivity index (χ1n) is 54.8. The van der Waals surface area contributed by atoms with Crippen molar-refractivity contribution in [2.24, 2.45) is 182 Å². The van der Waals surface area contributed by atoms with Gasteiger partial charge in [0.05, 0.1) is 59.8 Å². The summed E-state index contributed by atoms with van der Waals surface area (Å²) >= 11 is 0. The normalized spacial score (nSPS) is 29.6. The van der Waals surface area contributed by atoms with E-state index < -0.39 is 9.84 Å². The van der Waals surface area contributed by atoms with Crippen LogP contribution in [0, 0.1) is 162 Å². The predicted octanol–water partition coefficient (Wildman–Crippen LogP) is 32.1. The number of carbonyl (C=O) groups excluding carboxylic acids is 3. The topological polar surface area (TPSA) is 213 Å². The number of hydrogen-bond donors (Lipinski definition) is 5. The summed E-state index contributed by atoms with van der Waals surface area (Å²) in [7, 11) is -2.91. The first-order valence-corrected chi connectivity index (χ1v) is 56.5. The minimum Gasteiger partial charge on any atom is -0.385 e. The van der Waals surface area contributed by atoms with E-state index in [1.807, 2.05) is 27.1 Å². The van der Waals surface area contributed by atoms with E-state index in [-0.39, 0.29) is 124 Å². The quantitative estimate of drug-likeness (QED) is 0.114. The van der Waals surface area contributed by atoms with Crippen molar-refractivity contribution in [3.8, 4) is 0 Å². The summed E-state index contributed by atoms with van der Waals surface area (Å²) < 4.78 is 35.8. The fraction of sp³-hybridized carbons (Fsp3) is 0.911. The van der Waals surface area contributed by atoms with E-state index in [1.165, 1.54) is 24.1 Å². The summed E-state index contributed by atoms with van der Waals surface area (Å²) in [5, 5.41) is 21.8. The molecule has 5 saturated heterocycles. The smallest absolute Gasteiger partial charge is 0.220 e. The molecule has 140 heavy (non-hydrogen) atoms. The average Bonchev–Trinajstić information content (AvgIpc) is 1.08. The van der Waals surface area contributed by atoms with Gasteiger partial charge in [-0.2, -0.15) is 5.11 Å². The number of allylic oxidation sites excluding steroid dienone is 3. The molecule has 2 aliphatic carbocycles. The Morgan fingerprint density at radius 3 is 1.06 bits per heavy atom. The van der Waals surface area contributed by atoms with E-state index in [1.54, 1.807) is 0 Å². The Labute approximate surface area is 869 Å². The second kappa shape index (κ2) is 48.4. The lowest BCUT2D eigenvalue weighted by Crippen LogP contribution is -2.49. The van der Waals surface area contributed by atoms with Crippen molar-refractivity contribution < 1.29 is 32.3 Å². The molecule has 6 fully saturated rings. The molecule has 0 bridgehead atoms. The number of nitrogens with zero attached hydrogens (tertiary/aromatic N) is 4. The molecule has 10 aliphatic rings. The predicted molar refractivity (Wildman–Crippen MR) is 609 cm³/mol. The number of sulfone groups is 1. The molecular formula is C123H237N9O7S. The van der Waals surface area contributed by atoms with E-state index in [2.05, 4.69) is 473 Å². The van der Waals surface area contributed by atoms with E-state index in [9.17, 15) is 22.8 Å². The van der Waals surface area contributed by atoms with Crippen molar-refractivity contribution in [2.75, 3.05) is 19.1 Å². The summed E-state index contributed by atoms with van der Waals surface area (Å²) in [5.74, 6) is 4.78. The molecule has 17 heteroatoms. The van der Waals surface area contributed by atoms with Crippen LogP contribution in [0.5, 0.6) is 0 Å². The highest BCUT2D eigenvalue weighted by atomic mass is 32.2. The third-order valence-corrected chi connectivity index (χ3v) is 33.9. The fourth-order valence-corrected chi connectivity index (χ4v) is 25.9. The van der Waals surface area contributed by atoms with Gasteiger partial charge in [-0.15, -0.1) is 0 Å². The number of Topliss-reactive ketones (excluding diaryl/α,β-unsaturated/α-hetero) is 2. The maximum atomic E-state index is 12.3. The van der Waals surface area contributed by atoms with Crippen molar-refractivity contribution in [1.82, 2.24) is 26.7 Å². The van der Waals surface area contributed by atoms with Crippen LogP contribution in [-0.2, 0) is 33.7 Å². The Hall–Kier alpha value is -3.80. The number of hydrogen-bond acceptors (Lipinski definition) is 15. The Balaban J connectivity index is 0.000000778. The average molecular weight is 1990 g/mol. The van der Waals surface area contributed by atoms with Gasteiger partial charge in [0, 0.05) is 42.6 Å². The molecule has 0 radical (unpaired) electrons. The van der Waals surface area contributed by atoms with Gasteiger partial charge in [-0.1, -0.05) is 452 Å². The number of carbonyl (C=O) groups is 3. The van der Waals surface area contributed by atoms with E-state index in [0.29, 0.717) is 135 Å². The van der Waals surface area contributed by atoms with Crippen molar-refractivity contribution in [1.29, 1.82) is 0 Å². The number of ketones is 2. The summed E-state index contributed by atoms with van der Waals surface area (Å²) in [4.78, 5) is 44.0. The molecule has 8 aliphatic heterocycles. The molecule has 0 spiro atoms. The molecule has 1 amide bonds. The molecule has 8 heterocycles. The molecule has 0 aromatic carbocycles. The number of nitrogens with one attached hydrogen (secondary N) is 5. The van der Waals surface area contributed by atoms with Gasteiger partial charge in [0.25, 0.3) is 0 Å². The van der Waals surface area contributed by atoms with Gasteiger partial charge >= 0.3 is 0 Å². The minimum absolute atomic E-state index is 0.0275. The van der Waals surface area contributed by atoms with E-state index in [0.717, 1.165) is 50.5 Å². The van der Waals surface area contributed by atoms with Gasteiger partial charge in [0.1, 0.15) is 6.79 Å². The summed E-state index contributed by atoms with van der Waals surface area (Å²) in [6.07, 6.45) is 18.1. The monoisotopic (exact) mass is 1980 g/mol. The standard InChI is InChI=1S/C15H29N.C13H25N.C13H26O2S.C13H22O2.C13H24.C12H23NO.C12H23N.C11H22N2.C11H22O2.C10H21N3/c1-11-8-9-16-13(15(5,6)7)12(10-11)14(2,3)4;1-9-8-10(12(2,3)4)11(14-9)13(5,6)7;1-12(2,3)10-8-7-9-16(14,15)11(10)13(4,5)6;1-12(2,3)8-7-9(14)11(15)10(8)13(4,5)6;1-12(2,3)10-8-7-9-11(10)13(4,5)6;1-11(2,3)8-7-9(14)13-10(8)12(4,5)6;1-11(2,3)9-7-8-13-10(9)12(4,5)6;2*1-10(2,3)8-9(11(4,5)6)13-7-12-8;1-9(2,3)7-8(10(4,5)6)12-13-11-7/h12-13,16H,1,8-10H2,2-7H3;10-11,14H,1,8H2,2-7H3;10-11H,7-9H2,1-6H3;8,10H,7H2,1-6H3;7-8,10-11H,9H2,1-6H3;8,10H,7H2,1-6H3,(H,13,14);8-10H,7H2,1-6H3;7-9H,1-6H3,(H,12,13);8-9H,7H2,1-6H3;7-8H,1-6H3,(H,11,12). The molecule has 822 valence electrons. The molecule has 10 rings (SSSR count). The van der Waals surface area contributed by atoms with Gasteiger partial charge in [-0.3, -0.25) is 29.8 Å². The molecule has 0 aromatic rings. The second-order valence-electron chi connectivity index (χ2n) is 65.9. The molecule has 0 aromatic heterocycles. The molecule has 5 N–H and O–H groups in total. The van der Waals surface area contributed by atoms with E-state index >= 15 is 0 Å². The first-order chi connectivity index (χ1) is 61.5. The highest BCUT2D eigenvalue weighted by Crippen LogP contribution is 2.53. The zero-order valence-electron chi connectivity index (χ0n) is 104. The number of ether oxygens (including phenoxy) is 2. The Kier molecular flexibility index (Phi) is 46.4. The third kappa shape index (κ3) is 42.3. The van der Waals surface area contributed by atoms with Crippen LogP contribution in [-0.4, -0.2) is 123 Å². The fourth-order valence-electron chi connectivity index (χ4n) is 22.9. The van der Waals surface area contributed by atoms with Crippen LogP contribution in [0.2, 0.25) is 0 Å². The van der Waals surface area contributed by atoms with Crippen molar-refractivity contribution in [2.45, 2.75) is 539 Å². The summed E-state index contributed by atoms with van der Waals surface area (Å²) in [6.45, 7) is 144.